The van der Waals surface area contributed by atoms with Crippen molar-refractivity contribution in [3.63, 3.8) is 0 Å². The Kier molecular flexibility index (Phi) is 6.40. The van der Waals surface area contributed by atoms with Crippen molar-refractivity contribution >= 4 is 12.1 Å². The van der Waals surface area contributed by atoms with Crippen molar-refractivity contribution < 1.29 is 18.0 Å². The molecule has 3 rings (SSSR count). The van der Waals surface area contributed by atoms with Crippen molar-refractivity contribution in [2.75, 3.05) is 0 Å². The molecular formula is C21H23F3N6O. The van der Waals surface area contributed by atoms with Gasteiger partial charge in [0.2, 0.25) is 6.17 Å². The highest BCUT2D eigenvalue weighted by molar-refractivity contribution is 5.96. The molecule has 7 nitrogen and oxygen atoms in total. The van der Waals surface area contributed by atoms with E-state index in [-0.39, 0.29) is 11.5 Å². The second kappa shape index (κ2) is 8.84. The minimum Gasteiger partial charge on any atom is -0.362 e. The zero-order valence-corrected chi connectivity index (χ0v) is 17.2. The number of aliphatic imine (C=N–C) groups is 1. The number of hydrogen-bond donors (Lipinski definition) is 3. The van der Waals surface area contributed by atoms with E-state index in [1.54, 1.807) is 18.3 Å². The maximum absolute atomic E-state index is 12.8. The molecule has 2 aromatic heterocycles. The van der Waals surface area contributed by atoms with E-state index in [4.69, 9.17) is 5.73 Å². The van der Waals surface area contributed by atoms with E-state index < -0.39 is 24.4 Å². The maximum atomic E-state index is 12.8. The van der Waals surface area contributed by atoms with Gasteiger partial charge in [-0.15, -0.1) is 0 Å². The Balaban J connectivity index is 1.80. The molecule has 1 amide bonds. The molecule has 0 bridgehead atoms. The van der Waals surface area contributed by atoms with Gasteiger partial charge >= 0.3 is 6.18 Å². The summed E-state index contributed by atoms with van der Waals surface area (Å²) in [6.07, 6.45) is -3.77. The van der Waals surface area contributed by atoms with E-state index in [1.165, 1.54) is 0 Å². The standard InChI is InChI=1S/C21H23F3N6O/c1-11(2)16-6-13(7-17(29-16)15-5-4-12(3)8-26-15)19(31)30-18(25)14-9-27-20(28-10-14)21(22,23)24/h4-11,18,20,27H,25H2,1-3H3,(H,30,31)/t18-,20?/m0/s1. The van der Waals surface area contributed by atoms with Gasteiger partial charge in [0.15, 0.2) is 0 Å². The van der Waals surface area contributed by atoms with Gasteiger partial charge in [0, 0.05) is 35.4 Å². The number of aromatic nitrogens is 2. The number of aryl methyl sites for hydroxylation is 1. The van der Waals surface area contributed by atoms with Crippen molar-refractivity contribution in [1.82, 2.24) is 20.6 Å². The molecule has 31 heavy (non-hydrogen) atoms. The third kappa shape index (κ3) is 5.46. The number of nitrogens with one attached hydrogen (secondary N) is 2. The average molecular weight is 432 g/mol. The molecule has 0 fully saturated rings. The highest BCUT2D eigenvalue weighted by Crippen LogP contribution is 2.23. The second-order valence-electron chi connectivity index (χ2n) is 7.53. The topological polar surface area (TPSA) is 105 Å². The number of nitrogens with zero attached hydrogens (tertiary/aromatic N) is 3. The Bertz CT molecular complexity index is 1010. The summed E-state index contributed by atoms with van der Waals surface area (Å²) >= 11 is 0. The summed E-state index contributed by atoms with van der Waals surface area (Å²) in [5.74, 6) is -0.431. The van der Waals surface area contributed by atoms with Crippen LogP contribution in [0.2, 0.25) is 0 Å². The number of alkyl halides is 3. The van der Waals surface area contributed by atoms with E-state index >= 15 is 0 Å². The normalized spacial score (nSPS) is 17.2. The summed E-state index contributed by atoms with van der Waals surface area (Å²) < 4.78 is 38.1. The Hall–Kier alpha value is -3.27. The van der Waals surface area contributed by atoms with Crippen molar-refractivity contribution in [2.24, 2.45) is 10.7 Å². The van der Waals surface area contributed by atoms with Crippen molar-refractivity contribution in [3.05, 3.63) is 59.1 Å². The van der Waals surface area contributed by atoms with Crippen LogP contribution >= 0.6 is 0 Å². The summed E-state index contributed by atoms with van der Waals surface area (Å²) in [4.78, 5) is 25.2. The number of carbonyl (C=O) groups is 1. The van der Waals surface area contributed by atoms with E-state index in [1.807, 2.05) is 32.9 Å². The molecule has 10 heteroatoms. The third-order valence-electron chi connectivity index (χ3n) is 4.61. The zero-order chi connectivity index (χ0) is 22.8. The Labute approximate surface area is 177 Å². The van der Waals surface area contributed by atoms with Gasteiger partial charge in [-0.25, -0.2) is 0 Å². The van der Waals surface area contributed by atoms with Gasteiger partial charge in [-0.05, 0) is 36.6 Å². The molecule has 0 spiro atoms. The lowest BCUT2D eigenvalue weighted by atomic mass is 10.0. The van der Waals surface area contributed by atoms with Crippen LogP contribution in [0.5, 0.6) is 0 Å². The molecule has 1 aliphatic rings. The predicted octanol–water partition coefficient (Wildman–Crippen LogP) is 3.04. The summed E-state index contributed by atoms with van der Waals surface area (Å²) in [7, 11) is 0. The van der Waals surface area contributed by atoms with Crippen LogP contribution in [0.4, 0.5) is 13.2 Å². The lowest BCUT2D eigenvalue weighted by molar-refractivity contribution is -0.151. The van der Waals surface area contributed by atoms with E-state index in [0.717, 1.165) is 18.0 Å². The zero-order valence-electron chi connectivity index (χ0n) is 17.2. The van der Waals surface area contributed by atoms with Crippen LogP contribution in [0, 0.1) is 6.92 Å². The van der Waals surface area contributed by atoms with E-state index in [2.05, 4.69) is 25.6 Å². The first kappa shape index (κ1) is 22.4. The van der Waals surface area contributed by atoms with Gasteiger partial charge in [-0.2, -0.15) is 13.2 Å². The largest absolute Gasteiger partial charge is 0.429 e. The summed E-state index contributed by atoms with van der Waals surface area (Å²) in [6.45, 7) is 5.83. The minimum absolute atomic E-state index is 0.0577. The van der Waals surface area contributed by atoms with Gasteiger partial charge in [0.05, 0.1) is 11.4 Å². The van der Waals surface area contributed by atoms with Crippen molar-refractivity contribution in [1.29, 1.82) is 0 Å². The average Bonchev–Trinajstić information content (AvgIpc) is 2.73. The van der Waals surface area contributed by atoms with Gasteiger partial charge in [-0.1, -0.05) is 19.9 Å². The fourth-order valence-electron chi connectivity index (χ4n) is 2.80. The SMILES string of the molecule is Cc1ccc(-c2cc(C(=O)N[C@H](N)C3=CNC(C(F)(F)F)N=C3)cc(C(C)C)n2)nc1. The molecule has 3 heterocycles. The molecular weight excluding hydrogens is 409 g/mol. The fourth-order valence-corrected chi connectivity index (χ4v) is 2.80. The predicted molar refractivity (Wildman–Crippen MR) is 111 cm³/mol. The first-order valence-electron chi connectivity index (χ1n) is 9.62. The quantitative estimate of drug-likeness (QED) is 0.630. The molecule has 2 atom stereocenters. The van der Waals surface area contributed by atoms with Gasteiger partial charge in [0.25, 0.3) is 5.91 Å². The summed E-state index contributed by atoms with van der Waals surface area (Å²) in [5, 5.41) is 4.71. The van der Waals surface area contributed by atoms with Crippen molar-refractivity contribution in [2.45, 2.75) is 45.2 Å². The van der Waals surface area contributed by atoms with Gasteiger partial charge in [-0.3, -0.25) is 19.8 Å². The van der Waals surface area contributed by atoms with Crippen LogP contribution in [0.3, 0.4) is 0 Å². The molecule has 1 aliphatic heterocycles. The number of amides is 1. The van der Waals surface area contributed by atoms with Crippen LogP contribution in [-0.4, -0.2) is 40.6 Å². The Morgan fingerprint density at radius 1 is 1.23 bits per heavy atom. The monoisotopic (exact) mass is 432 g/mol. The number of pyridine rings is 2. The van der Waals surface area contributed by atoms with Crippen LogP contribution in [0.25, 0.3) is 11.4 Å². The molecule has 1 unspecified atom stereocenters. The molecule has 0 aromatic carbocycles. The molecule has 0 radical (unpaired) electrons. The lowest BCUT2D eigenvalue weighted by Crippen LogP contribution is -2.47. The second-order valence-corrected chi connectivity index (χ2v) is 7.53. The molecule has 164 valence electrons. The maximum Gasteiger partial charge on any atom is 0.429 e. The number of halogens is 3. The Morgan fingerprint density at radius 3 is 2.52 bits per heavy atom. The van der Waals surface area contributed by atoms with E-state index in [0.29, 0.717) is 22.6 Å². The van der Waals surface area contributed by atoms with Crippen LogP contribution in [0.1, 0.15) is 41.4 Å². The minimum atomic E-state index is -4.52. The number of nitrogens with two attached hydrogens (primary N) is 1. The first-order valence-corrected chi connectivity index (χ1v) is 9.62. The third-order valence-corrected chi connectivity index (χ3v) is 4.61. The van der Waals surface area contributed by atoms with Gasteiger partial charge < -0.3 is 16.4 Å². The van der Waals surface area contributed by atoms with Gasteiger partial charge in [0.1, 0.15) is 6.17 Å². The smallest absolute Gasteiger partial charge is 0.362 e. The summed E-state index contributed by atoms with van der Waals surface area (Å²) in [6, 6.07) is 6.98. The molecule has 0 saturated carbocycles. The highest BCUT2D eigenvalue weighted by Gasteiger charge is 2.40. The molecule has 0 saturated heterocycles. The highest BCUT2D eigenvalue weighted by atomic mass is 19.4. The summed E-state index contributed by atoms with van der Waals surface area (Å²) in [5.41, 5.74) is 9.36. The van der Waals surface area contributed by atoms with E-state index in [9.17, 15) is 18.0 Å². The van der Waals surface area contributed by atoms with Crippen LogP contribution in [-0.2, 0) is 0 Å². The molecule has 4 N–H and O–H groups in total. The number of rotatable bonds is 5. The number of hydrogen-bond acceptors (Lipinski definition) is 6. The Morgan fingerprint density at radius 2 is 1.97 bits per heavy atom. The van der Waals surface area contributed by atoms with Crippen LogP contribution < -0.4 is 16.4 Å². The molecule has 2 aromatic rings. The fraction of sp³-hybridized carbons (Fsp3) is 0.333. The van der Waals surface area contributed by atoms with Crippen molar-refractivity contribution in [3.8, 4) is 11.4 Å². The number of carbonyl (C=O) groups excluding carboxylic acids is 1. The molecule has 0 aliphatic carbocycles. The van der Waals surface area contributed by atoms with Crippen LogP contribution in [0.15, 0.2) is 47.2 Å². The first-order chi connectivity index (χ1) is 14.5. The lowest BCUT2D eigenvalue weighted by Gasteiger charge is -2.23.